The summed E-state index contributed by atoms with van der Waals surface area (Å²) >= 11 is 6.23. The number of nitrogens with zero attached hydrogens (tertiary/aromatic N) is 6. The van der Waals surface area contributed by atoms with E-state index in [0.717, 1.165) is 28.3 Å². The van der Waals surface area contributed by atoms with Gasteiger partial charge in [0.05, 0.1) is 0 Å². The second-order valence-corrected chi connectivity index (χ2v) is 7.42. The van der Waals surface area contributed by atoms with Crippen LogP contribution in [0.4, 0.5) is 5.82 Å². The van der Waals surface area contributed by atoms with E-state index in [1.165, 1.54) is 10.2 Å². The lowest BCUT2D eigenvalue weighted by molar-refractivity contribution is 0.302. The molecule has 2 heterocycles. The smallest absolute Gasteiger partial charge is 0.200 e. The third-order valence-electron chi connectivity index (χ3n) is 4.72. The highest BCUT2D eigenvalue weighted by molar-refractivity contribution is 6.31. The zero-order valence-electron chi connectivity index (χ0n) is 16.5. The van der Waals surface area contributed by atoms with Crippen LogP contribution >= 0.6 is 11.6 Å². The molecule has 0 aliphatic carbocycles. The molecule has 4 rings (SSSR count). The van der Waals surface area contributed by atoms with Crippen LogP contribution in [0.15, 0.2) is 48.5 Å². The van der Waals surface area contributed by atoms with Crippen molar-refractivity contribution in [3.8, 4) is 5.75 Å². The number of benzene rings is 2. The fraction of sp³-hybridized carbons (Fsp3) is 0.238. The Morgan fingerprint density at radius 2 is 1.83 bits per heavy atom. The number of hydrogen-bond donors (Lipinski definition) is 0. The van der Waals surface area contributed by atoms with E-state index in [1.807, 2.05) is 43.4 Å². The van der Waals surface area contributed by atoms with Crippen LogP contribution in [-0.2, 0) is 13.2 Å². The van der Waals surface area contributed by atoms with Crippen LogP contribution in [0.1, 0.15) is 22.3 Å². The summed E-state index contributed by atoms with van der Waals surface area (Å²) in [5.74, 6) is 1.68. The monoisotopic (exact) mass is 408 g/mol. The van der Waals surface area contributed by atoms with Crippen molar-refractivity contribution in [2.24, 2.45) is 0 Å². The van der Waals surface area contributed by atoms with E-state index >= 15 is 0 Å². The number of anilines is 1. The van der Waals surface area contributed by atoms with Crippen LogP contribution in [0, 0.1) is 13.8 Å². The van der Waals surface area contributed by atoms with E-state index in [4.69, 9.17) is 16.3 Å². The third kappa shape index (κ3) is 4.14. The molecule has 0 saturated heterocycles. The first-order valence-corrected chi connectivity index (χ1v) is 9.62. The fourth-order valence-electron chi connectivity index (χ4n) is 3.32. The second kappa shape index (κ2) is 8.05. The number of hydrogen-bond acceptors (Lipinski definition) is 6. The van der Waals surface area contributed by atoms with E-state index < -0.39 is 0 Å². The Kier molecular flexibility index (Phi) is 5.31. The molecule has 0 spiro atoms. The SMILES string of the molecule is Cc1cc(CN(C)c2ccc3nnnn3n2)cc(C)c1OCc1ccccc1Cl. The normalized spacial score (nSPS) is 11.0. The highest BCUT2D eigenvalue weighted by Crippen LogP contribution is 2.28. The van der Waals surface area contributed by atoms with Crippen LogP contribution in [0.25, 0.3) is 5.65 Å². The Bertz CT molecular complexity index is 1140. The van der Waals surface area contributed by atoms with Crippen LogP contribution in [-0.4, -0.2) is 32.3 Å². The summed E-state index contributed by atoms with van der Waals surface area (Å²) in [4.78, 5) is 2.06. The van der Waals surface area contributed by atoms with Gasteiger partial charge in [0.25, 0.3) is 0 Å². The lowest BCUT2D eigenvalue weighted by Crippen LogP contribution is -2.19. The van der Waals surface area contributed by atoms with Gasteiger partial charge in [-0.1, -0.05) is 41.9 Å². The lowest BCUT2D eigenvalue weighted by atomic mass is 10.1. The molecule has 0 fully saturated rings. The quantitative estimate of drug-likeness (QED) is 0.480. The first-order chi connectivity index (χ1) is 14.0. The van der Waals surface area contributed by atoms with Gasteiger partial charge in [0, 0.05) is 24.2 Å². The largest absolute Gasteiger partial charge is 0.488 e. The Balaban J connectivity index is 1.49. The number of tetrazole rings is 1. The van der Waals surface area contributed by atoms with Gasteiger partial charge in [-0.3, -0.25) is 0 Å². The van der Waals surface area contributed by atoms with Crippen molar-refractivity contribution in [3.05, 3.63) is 75.8 Å². The van der Waals surface area contributed by atoms with Gasteiger partial charge in [0.15, 0.2) is 11.5 Å². The van der Waals surface area contributed by atoms with Crippen molar-refractivity contribution in [2.75, 3.05) is 11.9 Å². The molecule has 2 aromatic heterocycles. The van der Waals surface area contributed by atoms with Crippen molar-refractivity contribution >= 4 is 23.1 Å². The van der Waals surface area contributed by atoms with Gasteiger partial charge >= 0.3 is 0 Å². The molecule has 0 unspecified atom stereocenters. The molecular formula is C21H21ClN6O. The first-order valence-electron chi connectivity index (χ1n) is 9.24. The van der Waals surface area contributed by atoms with Crippen molar-refractivity contribution in [1.82, 2.24) is 25.3 Å². The van der Waals surface area contributed by atoms with Gasteiger partial charge in [-0.05, 0) is 59.2 Å². The minimum Gasteiger partial charge on any atom is -0.488 e. The maximum absolute atomic E-state index is 6.23. The van der Waals surface area contributed by atoms with Crippen molar-refractivity contribution in [3.63, 3.8) is 0 Å². The van der Waals surface area contributed by atoms with Gasteiger partial charge in [-0.25, -0.2) is 0 Å². The molecular weight excluding hydrogens is 388 g/mol. The average Bonchev–Trinajstić information content (AvgIpc) is 3.16. The Hall–Kier alpha value is -3.19. The van der Waals surface area contributed by atoms with Crippen LogP contribution in [0.5, 0.6) is 5.75 Å². The topological polar surface area (TPSA) is 68.4 Å². The molecule has 0 amide bonds. The number of halogens is 1. The molecule has 148 valence electrons. The summed E-state index contributed by atoms with van der Waals surface area (Å²) in [6.45, 7) is 5.26. The second-order valence-electron chi connectivity index (χ2n) is 7.01. The van der Waals surface area contributed by atoms with Gasteiger partial charge < -0.3 is 9.64 Å². The molecule has 0 bridgehead atoms. The summed E-state index contributed by atoms with van der Waals surface area (Å²) in [7, 11) is 1.99. The fourth-order valence-corrected chi connectivity index (χ4v) is 3.51. The Morgan fingerprint density at radius 3 is 2.59 bits per heavy atom. The summed E-state index contributed by atoms with van der Waals surface area (Å²) in [5.41, 5.74) is 4.94. The lowest BCUT2D eigenvalue weighted by Gasteiger charge is -2.20. The molecule has 0 N–H and O–H groups in total. The third-order valence-corrected chi connectivity index (χ3v) is 5.08. The number of aromatic nitrogens is 5. The van der Waals surface area contributed by atoms with Gasteiger partial charge in [-0.2, -0.15) is 0 Å². The van der Waals surface area contributed by atoms with Crippen LogP contribution in [0.3, 0.4) is 0 Å². The summed E-state index contributed by atoms with van der Waals surface area (Å²) < 4.78 is 7.51. The van der Waals surface area contributed by atoms with Crippen molar-refractivity contribution in [1.29, 1.82) is 0 Å². The van der Waals surface area contributed by atoms with E-state index in [0.29, 0.717) is 23.8 Å². The predicted octanol–water partition coefficient (Wildman–Crippen LogP) is 4.00. The number of aryl methyl sites for hydroxylation is 2. The molecule has 29 heavy (non-hydrogen) atoms. The van der Waals surface area contributed by atoms with Crippen molar-refractivity contribution in [2.45, 2.75) is 27.0 Å². The van der Waals surface area contributed by atoms with E-state index in [2.05, 4.69) is 51.5 Å². The summed E-state index contributed by atoms with van der Waals surface area (Å²) in [6.07, 6.45) is 0. The van der Waals surface area contributed by atoms with Gasteiger partial charge in [-0.15, -0.1) is 14.8 Å². The molecule has 7 nitrogen and oxygen atoms in total. The predicted molar refractivity (Wildman–Crippen MR) is 112 cm³/mol. The number of ether oxygens (including phenoxy) is 1. The van der Waals surface area contributed by atoms with E-state index in [-0.39, 0.29) is 0 Å². The maximum atomic E-state index is 6.23. The molecule has 0 aliphatic rings. The first kappa shape index (κ1) is 19.1. The molecule has 4 aromatic rings. The van der Waals surface area contributed by atoms with E-state index in [1.54, 1.807) is 0 Å². The summed E-state index contributed by atoms with van der Waals surface area (Å²) in [5, 5.41) is 16.5. The maximum Gasteiger partial charge on any atom is 0.200 e. The standard InChI is InChI=1S/C21H21ClN6O/c1-14-10-16(12-27(3)20-9-8-19-23-25-26-28(19)24-20)11-15(2)21(14)29-13-17-6-4-5-7-18(17)22/h4-11H,12-13H2,1-3H3. The zero-order valence-corrected chi connectivity index (χ0v) is 17.3. The molecule has 0 aliphatic heterocycles. The van der Waals surface area contributed by atoms with Crippen LogP contribution < -0.4 is 9.64 Å². The zero-order chi connectivity index (χ0) is 20.4. The number of rotatable bonds is 6. The summed E-state index contributed by atoms with van der Waals surface area (Å²) in [6, 6.07) is 15.8. The van der Waals surface area contributed by atoms with Crippen molar-refractivity contribution < 1.29 is 4.74 Å². The molecule has 2 aromatic carbocycles. The average molecular weight is 409 g/mol. The minimum absolute atomic E-state index is 0.441. The molecule has 8 heteroatoms. The van der Waals surface area contributed by atoms with Gasteiger partial charge in [0.1, 0.15) is 12.4 Å². The molecule has 0 atom stereocenters. The highest BCUT2D eigenvalue weighted by atomic mass is 35.5. The highest BCUT2D eigenvalue weighted by Gasteiger charge is 2.11. The van der Waals surface area contributed by atoms with Crippen LogP contribution in [0.2, 0.25) is 5.02 Å². The van der Waals surface area contributed by atoms with Gasteiger partial charge in [0.2, 0.25) is 0 Å². The molecule has 0 saturated carbocycles. The Morgan fingerprint density at radius 1 is 1.07 bits per heavy atom. The number of fused-ring (bicyclic) bond motifs is 1. The Labute approximate surface area is 173 Å². The van der Waals surface area contributed by atoms with E-state index in [9.17, 15) is 0 Å². The molecule has 0 radical (unpaired) electrons. The minimum atomic E-state index is 0.441.